The van der Waals surface area contributed by atoms with Gasteiger partial charge in [-0.1, -0.05) is 60.6 Å². The van der Waals surface area contributed by atoms with E-state index in [4.69, 9.17) is 4.52 Å². The smallest absolute Gasteiger partial charge is 0.240 e. The third kappa shape index (κ3) is 5.90. The zero-order valence-corrected chi connectivity index (χ0v) is 18.4. The summed E-state index contributed by atoms with van der Waals surface area (Å²) in [6.07, 6.45) is 3.43. The van der Waals surface area contributed by atoms with Crippen LogP contribution in [0.15, 0.2) is 64.0 Å². The van der Waals surface area contributed by atoms with E-state index >= 15 is 0 Å². The number of hydrogen-bond acceptors (Lipinski definition) is 5. The van der Waals surface area contributed by atoms with E-state index in [0.29, 0.717) is 23.7 Å². The summed E-state index contributed by atoms with van der Waals surface area (Å²) < 4.78 is 33.1. The molecule has 0 aliphatic carbocycles. The molecular weight excluding hydrogens is 414 g/mol. The Labute approximate surface area is 182 Å². The first-order valence-electron chi connectivity index (χ1n) is 9.83. The Morgan fingerprint density at radius 3 is 2.42 bits per heavy atom. The van der Waals surface area contributed by atoms with Gasteiger partial charge in [-0.15, -0.1) is 0 Å². The molecule has 162 valence electrons. The van der Waals surface area contributed by atoms with Crippen LogP contribution in [-0.4, -0.2) is 26.0 Å². The number of anilines is 1. The lowest BCUT2D eigenvalue weighted by atomic mass is 10.0. The number of sulfonamides is 1. The van der Waals surface area contributed by atoms with Gasteiger partial charge in [-0.2, -0.15) is 0 Å². The summed E-state index contributed by atoms with van der Waals surface area (Å²) in [6, 6.07) is 16.3. The quantitative estimate of drug-likeness (QED) is 0.548. The van der Waals surface area contributed by atoms with Crippen molar-refractivity contribution in [2.45, 2.75) is 31.6 Å². The molecule has 0 aliphatic rings. The Bertz CT molecular complexity index is 1170. The molecule has 1 unspecified atom stereocenters. The van der Waals surface area contributed by atoms with E-state index < -0.39 is 10.0 Å². The molecule has 2 N–H and O–H groups in total. The lowest BCUT2D eigenvalue weighted by Crippen LogP contribution is -2.27. The molecule has 0 bridgehead atoms. The van der Waals surface area contributed by atoms with E-state index in [2.05, 4.69) is 15.2 Å². The van der Waals surface area contributed by atoms with Crippen molar-refractivity contribution in [3.8, 4) is 0 Å². The van der Waals surface area contributed by atoms with Gasteiger partial charge in [0.25, 0.3) is 0 Å². The van der Waals surface area contributed by atoms with E-state index in [0.717, 1.165) is 11.1 Å². The molecule has 1 aromatic heterocycles. The Hall–Kier alpha value is -3.23. The van der Waals surface area contributed by atoms with Crippen LogP contribution in [0, 0.1) is 6.92 Å². The van der Waals surface area contributed by atoms with Crippen molar-refractivity contribution in [3.63, 3.8) is 0 Å². The lowest BCUT2D eigenvalue weighted by Gasteiger charge is -2.13. The summed E-state index contributed by atoms with van der Waals surface area (Å²) in [5.74, 6) is 0.256. The highest BCUT2D eigenvalue weighted by atomic mass is 32.2. The van der Waals surface area contributed by atoms with Crippen LogP contribution in [0.2, 0.25) is 0 Å². The molecule has 0 radical (unpaired) electrons. The van der Waals surface area contributed by atoms with Crippen molar-refractivity contribution < 1.29 is 17.7 Å². The van der Waals surface area contributed by atoms with Crippen LogP contribution < -0.4 is 10.0 Å². The van der Waals surface area contributed by atoms with Crippen molar-refractivity contribution >= 4 is 33.8 Å². The molecule has 8 heteroatoms. The monoisotopic (exact) mass is 439 g/mol. The molecule has 0 spiro atoms. The first-order valence-corrected chi connectivity index (χ1v) is 11.3. The average molecular weight is 440 g/mol. The van der Waals surface area contributed by atoms with Crippen molar-refractivity contribution in [2.24, 2.45) is 0 Å². The normalized spacial score (nSPS) is 12.7. The summed E-state index contributed by atoms with van der Waals surface area (Å²) in [5, 5.41) is 6.54. The van der Waals surface area contributed by atoms with Crippen LogP contribution in [0.5, 0.6) is 0 Å². The molecule has 0 saturated heterocycles. The topological polar surface area (TPSA) is 101 Å². The Kier molecular flexibility index (Phi) is 7.04. The van der Waals surface area contributed by atoms with E-state index in [1.54, 1.807) is 43.3 Å². The number of amides is 1. The zero-order valence-electron chi connectivity index (χ0n) is 17.6. The summed E-state index contributed by atoms with van der Waals surface area (Å²) >= 11 is 0. The van der Waals surface area contributed by atoms with Gasteiger partial charge in [-0.25, -0.2) is 13.1 Å². The summed E-state index contributed by atoms with van der Waals surface area (Å²) in [6.45, 7) is 5.43. The maximum Gasteiger partial charge on any atom is 0.240 e. The Morgan fingerprint density at radius 2 is 1.77 bits per heavy atom. The van der Waals surface area contributed by atoms with E-state index in [1.165, 1.54) is 6.92 Å². The van der Waals surface area contributed by atoms with Crippen LogP contribution in [-0.2, 0) is 14.8 Å². The molecule has 31 heavy (non-hydrogen) atoms. The average Bonchev–Trinajstić information content (AvgIpc) is 3.10. The van der Waals surface area contributed by atoms with Gasteiger partial charge in [-0.3, -0.25) is 4.79 Å². The molecule has 7 nitrogen and oxygen atoms in total. The molecule has 1 heterocycles. The predicted molar refractivity (Wildman–Crippen MR) is 121 cm³/mol. The van der Waals surface area contributed by atoms with E-state index in [1.807, 2.05) is 37.3 Å². The fourth-order valence-corrected chi connectivity index (χ4v) is 4.11. The Balaban J connectivity index is 1.67. The number of carbonyl (C=O) groups is 1. The number of aromatic nitrogens is 1. The first kappa shape index (κ1) is 22.5. The maximum atomic E-state index is 12.6. The second kappa shape index (κ2) is 9.72. The fraction of sp³-hybridized carbons (Fsp3) is 0.217. The van der Waals surface area contributed by atoms with Crippen LogP contribution in [0.25, 0.3) is 12.2 Å². The van der Waals surface area contributed by atoms with Crippen LogP contribution in [0.1, 0.15) is 42.3 Å². The third-order valence-electron chi connectivity index (χ3n) is 4.76. The maximum absolute atomic E-state index is 12.6. The van der Waals surface area contributed by atoms with Crippen molar-refractivity contribution in [2.75, 3.05) is 11.9 Å². The second-order valence-electron chi connectivity index (χ2n) is 7.25. The molecule has 1 atom stereocenters. The van der Waals surface area contributed by atoms with Gasteiger partial charge >= 0.3 is 0 Å². The molecule has 0 fully saturated rings. The minimum Gasteiger partial charge on any atom is -0.354 e. The van der Waals surface area contributed by atoms with Gasteiger partial charge in [0.2, 0.25) is 15.9 Å². The highest BCUT2D eigenvalue weighted by Crippen LogP contribution is 2.23. The van der Waals surface area contributed by atoms with E-state index in [-0.39, 0.29) is 16.7 Å². The molecule has 2 aromatic carbocycles. The zero-order chi connectivity index (χ0) is 22.4. The molecular formula is C23H25N3O4S. The summed E-state index contributed by atoms with van der Waals surface area (Å²) in [5.41, 5.74) is 2.94. The van der Waals surface area contributed by atoms with Crippen molar-refractivity contribution in [1.82, 2.24) is 9.88 Å². The van der Waals surface area contributed by atoms with Crippen molar-refractivity contribution in [3.05, 3.63) is 77.2 Å². The number of benzene rings is 2. The van der Waals surface area contributed by atoms with Crippen molar-refractivity contribution in [1.29, 1.82) is 0 Å². The number of carbonyl (C=O) groups excluding carboxylic acids is 1. The molecule has 3 rings (SSSR count). The first-order chi connectivity index (χ1) is 14.8. The number of hydrogen-bond donors (Lipinski definition) is 2. The number of nitrogens with zero attached hydrogens (tertiary/aromatic N) is 1. The van der Waals surface area contributed by atoms with Gasteiger partial charge in [-0.05, 0) is 42.2 Å². The minimum atomic E-state index is -3.61. The molecule has 0 aliphatic heterocycles. The summed E-state index contributed by atoms with van der Waals surface area (Å²) in [7, 11) is -3.61. The van der Waals surface area contributed by atoms with Gasteiger partial charge in [0.15, 0.2) is 5.76 Å². The fourth-order valence-electron chi connectivity index (χ4n) is 2.98. The minimum absolute atomic E-state index is 0.0568. The van der Waals surface area contributed by atoms with Crippen LogP contribution in [0.4, 0.5) is 5.69 Å². The number of rotatable bonds is 8. The van der Waals surface area contributed by atoms with Crippen LogP contribution in [0.3, 0.4) is 0 Å². The number of nitrogens with one attached hydrogen (secondary N) is 2. The highest BCUT2D eigenvalue weighted by molar-refractivity contribution is 7.89. The lowest BCUT2D eigenvalue weighted by molar-refractivity contribution is -0.114. The SMILES string of the molecule is CC(=O)Nc1c(C)noc1/C=C\c1ccc(S(=O)(=O)NCC(C)c2ccccc2)cc1. The largest absolute Gasteiger partial charge is 0.354 e. The van der Waals surface area contributed by atoms with Crippen LogP contribution >= 0.6 is 0 Å². The van der Waals surface area contributed by atoms with E-state index in [9.17, 15) is 13.2 Å². The molecule has 1 amide bonds. The Morgan fingerprint density at radius 1 is 1.10 bits per heavy atom. The van der Waals surface area contributed by atoms with Gasteiger partial charge < -0.3 is 9.84 Å². The van der Waals surface area contributed by atoms with Gasteiger partial charge in [0, 0.05) is 13.5 Å². The number of aryl methyl sites for hydroxylation is 1. The predicted octanol–water partition coefficient (Wildman–Crippen LogP) is 4.19. The summed E-state index contributed by atoms with van der Waals surface area (Å²) in [4.78, 5) is 11.5. The second-order valence-corrected chi connectivity index (χ2v) is 9.02. The molecule has 3 aromatic rings. The third-order valence-corrected chi connectivity index (χ3v) is 6.20. The van der Waals surface area contributed by atoms with Gasteiger partial charge in [0.1, 0.15) is 11.4 Å². The van der Waals surface area contributed by atoms with Gasteiger partial charge in [0.05, 0.1) is 4.90 Å². The highest BCUT2D eigenvalue weighted by Gasteiger charge is 2.16. The molecule has 0 saturated carbocycles. The standard InChI is InChI=1S/C23H25N3O4S/c1-16(20-7-5-4-6-8-20)15-24-31(28,29)21-12-9-19(10-13-21)11-14-22-23(25-18(3)27)17(2)26-30-22/h4-14,16,24H,15H2,1-3H3,(H,25,27)/b14-11-.